The van der Waals surface area contributed by atoms with Gasteiger partial charge in [0.2, 0.25) is 11.7 Å². The molecule has 31 heavy (non-hydrogen) atoms. The zero-order valence-electron chi connectivity index (χ0n) is 15.4. The molecule has 2 amide bonds. The molecule has 3 N–H and O–H groups in total. The molecule has 1 aromatic heterocycles. The summed E-state index contributed by atoms with van der Waals surface area (Å²) in [5.41, 5.74) is 5.06. The Balaban J connectivity index is 1.55. The highest BCUT2D eigenvalue weighted by Crippen LogP contribution is 2.57. The van der Waals surface area contributed by atoms with Crippen LogP contribution in [0.25, 0.3) is 5.69 Å². The number of primary amides is 1. The van der Waals surface area contributed by atoms with Crippen molar-refractivity contribution in [3.05, 3.63) is 62.1 Å². The van der Waals surface area contributed by atoms with E-state index in [2.05, 4.69) is 15.0 Å². The van der Waals surface area contributed by atoms with Crippen LogP contribution in [0.5, 0.6) is 11.5 Å². The summed E-state index contributed by atoms with van der Waals surface area (Å²) >= 11 is 12.5. The van der Waals surface area contributed by atoms with E-state index < -0.39 is 28.7 Å². The summed E-state index contributed by atoms with van der Waals surface area (Å²) in [6, 6.07) is 5.41. The molecule has 0 unspecified atom stereocenters. The number of rotatable bonds is 4. The minimum atomic E-state index is -1.00. The predicted octanol–water partition coefficient (Wildman–Crippen LogP) is 3.15. The number of ether oxygens (including phenoxy) is 1. The number of anilines is 1. The van der Waals surface area contributed by atoms with Crippen LogP contribution in [0.2, 0.25) is 10.0 Å². The first kappa shape index (κ1) is 19.6. The quantitative estimate of drug-likeness (QED) is 0.609. The highest BCUT2D eigenvalue weighted by atomic mass is 35.5. The van der Waals surface area contributed by atoms with Crippen molar-refractivity contribution in [3.8, 4) is 17.2 Å². The first-order chi connectivity index (χ1) is 14.7. The fraction of sp³-hybridized carbons (Fsp3) is 0.158. The van der Waals surface area contributed by atoms with E-state index in [0.717, 1.165) is 4.57 Å². The van der Waals surface area contributed by atoms with E-state index in [0.29, 0.717) is 18.5 Å². The molecule has 0 bridgehead atoms. The summed E-state index contributed by atoms with van der Waals surface area (Å²) in [5, 5.41) is 5.82. The molecule has 5 rings (SSSR count). The van der Waals surface area contributed by atoms with Gasteiger partial charge in [-0.1, -0.05) is 23.2 Å². The highest BCUT2D eigenvalue weighted by Gasteiger charge is 2.58. The van der Waals surface area contributed by atoms with Gasteiger partial charge in [0.25, 0.3) is 5.91 Å². The maximum absolute atomic E-state index is 15.2. The Labute approximate surface area is 182 Å². The molecule has 1 fully saturated rings. The number of amides is 2. The zero-order valence-corrected chi connectivity index (χ0v) is 16.9. The number of carbonyl (C=O) groups excluding carboxylic acids is 2. The molecule has 3 aromatic rings. The zero-order chi connectivity index (χ0) is 22.1. The predicted molar refractivity (Wildman–Crippen MR) is 107 cm³/mol. The van der Waals surface area contributed by atoms with E-state index in [9.17, 15) is 14.4 Å². The average molecular weight is 465 g/mol. The van der Waals surface area contributed by atoms with Crippen molar-refractivity contribution in [1.82, 2.24) is 9.72 Å². The second-order valence-corrected chi connectivity index (χ2v) is 7.96. The first-order valence-corrected chi connectivity index (χ1v) is 9.69. The molecular weight excluding hydrogens is 454 g/mol. The van der Waals surface area contributed by atoms with Gasteiger partial charge in [0.1, 0.15) is 0 Å². The van der Waals surface area contributed by atoms with Crippen LogP contribution >= 0.6 is 23.2 Å². The molecular formula is C19H11Cl2FN4O5. The summed E-state index contributed by atoms with van der Waals surface area (Å²) in [5.74, 6) is -3.61. The monoisotopic (exact) mass is 464 g/mol. The summed E-state index contributed by atoms with van der Waals surface area (Å²) in [6.07, 6.45) is 1.11. The summed E-state index contributed by atoms with van der Waals surface area (Å²) < 4.78 is 26.1. The fourth-order valence-corrected chi connectivity index (χ4v) is 4.23. The lowest BCUT2D eigenvalue weighted by Crippen LogP contribution is -2.22. The highest BCUT2D eigenvalue weighted by molar-refractivity contribution is 6.37. The molecule has 9 nitrogen and oxygen atoms in total. The third-order valence-corrected chi connectivity index (χ3v) is 5.86. The van der Waals surface area contributed by atoms with Crippen molar-refractivity contribution in [3.63, 3.8) is 0 Å². The number of aromatic nitrogens is 2. The van der Waals surface area contributed by atoms with Gasteiger partial charge in [0.15, 0.2) is 17.3 Å². The standard InChI is InChI=1S/C19H11Cl2FN4O5/c20-8-5-7(26-16(15(23)27)25-31-18(26)29)6-9(21)14(8)30-11-2-1-10-12(13(11)22)19(3-4-19)17(28)24-10/h1-2,5-6H,3-4H2,(H2,23,27)(H,24,28). The van der Waals surface area contributed by atoms with Crippen LogP contribution in [0.4, 0.5) is 10.1 Å². The van der Waals surface area contributed by atoms with Crippen molar-refractivity contribution in [1.29, 1.82) is 0 Å². The van der Waals surface area contributed by atoms with Crippen molar-refractivity contribution in [2.75, 3.05) is 5.32 Å². The number of carbonyl (C=O) groups is 2. The normalized spacial score (nSPS) is 15.6. The number of fused-ring (bicyclic) bond motifs is 2. The van der Waals surface area contributed by atoms with Gasteiger partial charge < -0.3 is 15.8 Å². The van der Waals surface area contributed by atoms with Crippen LogP contribution in [0.15, 0.2) is 33.6 Å². The number of nitrogens with two attached hydrogens (primary N) is 1. The molecule has 2 heterocycles. The smallest absolute Gasteiger partial charge is 0.446 e. The van der Waals surface area contributed by atoms with Gasteiger partial charge in [-0.3, -0.25) is 14.1 Å². The van der Waals surface area contributed by atoms with E-state index in [1.165, 1.54) is 18.2 Å². The minimum Gasteiger partial charge on any atom is -0.451 e. The SMILES string of the molecule is NC(=O)c1noc(=O)n1-c1cc(Cl)c(Oc2ccc3c(c2F)C2(CC2)C(=O)N3)c(Cl)c1. The summed E-state index contributed by atoms with van der Waals surface area (Å²) in [7, 11) is 0. The van der Waals surface area contributed by atoms with E-state index in [4.69, 9.17) is 33.7 Å². The number of hydrogen-bond acceptors (Lipinski definition) is 6. The minimum absolute atomic E-state index is 0.0450. The Hall–Kier alpha value is -3.37. The van der Waals surface area contributed by atoms with E-state index in [1.807, 2.05) is 0 Å². The molecule has 158 valence electrons. The molecule has 1 saturated carbocycles. The molecule has 2 aliphatic rings. The molecule has 0 saturated heterocycles. The molecule has 1 spiro atoms. The van der Waals surface area contributed by atoms with Crippen LogP contribution in [0.3, 0.4) is 0 Å². The van der Waals surface area contributed by atoms with Gasteiger partial charge in [-0.05, 0) is 42.3 Å². The van der Waals surface area contributed by atoms with Gasteiger partial charge in [-0.2, -0.15) is 0 Å². The van der Waals surface area contributed by atoms with Gasteiger partial charge in [-0.25, -0.2) is 13.8 Å². The van der Waals surface area contributed by atoms with E-state index >= 15 is 4.39 Å². The Bertz CT molecular complexity index is 1340. The first-order valence-electron chi connectivity index (χ1n) is 8.93. The molecule has 1 aliphatic carbocycles. The molecule has 12 heteroatoms. The number of hydrogen-bond donors (Lipinski definition) is 2. The third kappa shape index (κ3) is 2.82. The largest absolute Gasteiger partial charge is 0.451 e. The van der Waals surface area contributed by atoms with Crippen molar-refractivity contribution < 1.29 is 23.2 Å². The fourth-order valence-electron chi connectivity index (χ4n) is 3.68. The van der Waals surface area contributed by atoms with Crippen LogP contribution in [-0.4, -0.2) is 21.5 Å². The lowest BCUT2D eigenvalue weighted by Gasteiger charge is -2.14. The average Bonchev–Trinajstić information content (AvgIpc) is 3.32. The van der Waals surface area contributed by atoms with Gasteiger partial charge in [0, 0.05) is 11.3 Å². The number of nitrogens with zero attached hydrogens (tertiary/aromatic N) is 2. The van der Waals surface area contributed by atoms with Crippen molar-refractivity contribution in [2.24, 2.45) is 5.73 Å². The second-order valence-electron chi connectivity index (χ2n) is 7.15. The van der Waals surface area contributed by atoms with Crippen molar-refractivity contribution in [2.45, 2.75) is 18.3 Å². The third-order valence-electron chi connectivity index (χ3n) is 5.30. The topological polar surface area (TPSA) is 129 Å². The maximum atomic E-state index is 15.2. The molecule has 2 aromatic carbocycles. The van der Waals surface area contributed by atoms with E-state index in [-0.39, 0.29) is 38.7 Å². The summed E-state index contributed by atoms with van der Waals surface area (Å²) in [6.45, 7) is 0. The number of nitrogens with one attached hydrogen (secondary N) is 1. The molecule has 0 atom stereocenters. The second kappa shape index (κ2) is 6.56. The molecule has 0 radical (unpaired) electrons. The molecule has 1 aliphatic heterocycles. The van der Waals surface area contributed by atoms with Crippen molar-refractivity contribution >= 4 is 40.7 Å². The Kier molecular flexibility index (Phi) is 4.15. The van der Waals surface area contributed by atoms with Gasteiger partial charge >= 0.3 is 5.76 Å². The van der Waals surface area contributed by atoms with Gasteiger partial charge in [-0.15, -0.1) is 0 Å². The Morgan fingerprint density at radius 3 is 2.55 bits per heavy atom. The van der Waals surface area contributed by atoms with Crippen LogP contribution < -0.4 is 21.5 Å². The van der Waals surface area contributed by atoms with Gasteiger partial charge in [0.05, 0.1) is 21.1 Å². The maximum Gasteiger partial charge on any atom is 0.446 e. The van der Waals surface area contributed by atoms with Crippen LogP contribution in [-0.2, 0) is 10.2 Å². The Morgan fingerprint density at radius 2 is 1.94 bits per heavy atom. The lowest BCUT2D eigenvalue weighted by molar-refractivity contribution is -0.117. The summed E-state index contributed by atoms with van der Waals surface area (Å²) in [4.78, 5) is 35.6. The van der Waals surface area contributed by atoms with Crippen LogP contribution in [0.1, 0.15) is 29.0 Å². The number of halogens is 3. The van der Waals surface area contributed by atoms with Crippen LogP contribution in [0, 0.1) is 5.82 Å². The lowest BCUT2D eigenvalue weighted by atomic mass is 9.97. The Morgan fingerprint density at radius 1 is 1.26 bits per heavy atom. The van der Waals surface area contributed by atoms with E-state index in [1.54, 1.807) is 6.07 Å². The number of benzene rings is 2.